The van der Waals surface area contributed by atoms with Crippen molar-refractivity contribution in [3.05, 3.63) is 41.5 Å². The average molecular weight is 341 g/mol. The van der Waals surface area contributed by atoms with Crippen LogP contribution in [0.2, 0.25) is 0 Å². The number of aryl methyl sites for hydroxylation is 2. The molecule has 1 aromatic heterocycles. The number of amides is 1. The van der Waals surface area contributed by atoms with Crippen LogP contribution < -0.4 is 4.90 Å². The highest BCUT2D eigenvalue weighted by Gasteiger charge is 2.39. The molecule has 1 aromatic carbocycles. The fourth-order valence-electron chi connectivity index (χ4n) is 3.60. The van der Waals surface area contributed by atoms with Crippen LogP contribution in [0.3, 0.4) is 0 Å². The van der Waals surface area contributed by atoms with Crippen molar-refractivity contribution in [2.45, 2.75) is 32.4 Å². The number of benzene rings is 1. The van der Waals surface area contributed by atoms with E-state index in [9.17, 15) is 4.79 Å². The van der Waals surface area contributed by atoms with Crippen molar-refractivity contribution < 1.29 is 9.53 Å². The number of aromatic amines is 1. The molecular weight excluding hydrogens is 318 g/mol. The van der Waals surface area contributed by atoms with Gasteiger partial charge in [0.1, 0.15) is 11.9 Å². The van der Waals surface area contributed by atoms with Crippen LogP contribution in [0.25, 0.3) is 0 Å². The van der Waals surface area contributed by atoms with Crippen molar-refractivity contribution in [3.8, 4) is 0 Å². The number of morpholine rings is 1. The third kappa shape index (κ3) is 3.17. The number of anilines is 1. The van der Waals surface area contributed by atoms with Gasteiger partial charge in [-0.1, -0.05) is 17.7 Å². The quantitative estimate of drug-likeness (QED) is 0.918. The van der Waals surface area contributed by atoms with Gasteiger partial charge in [-0.25, -0.2) is 4.98 Å². The lowest BCUT2D eigenvalue weighted by Gasteiger charge is -2.34. The summed E-state index contributed by atoms with van der Waals surface area (Å²) in [6.45, 7) is 6.68. The summed E-state index contributed by atoms with van der Waals surface area (Å²) in [7, 11) is 0. The predicted molar refractivity (Wildman–Crippen MR) is 93.3 cm³/mol. The second-order valence-corrected chi connectivity index (χ2v) is 6.76. The zero-order chi connectivity index (χ0) is 17.4. The SMILES string of the molecule is Cc1ccc(N2CC[C@@H](N3CCO[C@@H](c4n[nH]c(C)n4)C3)C2=O)cc1. The smallest absolute Gasteiger partial charge is 0.244 e. The van der Waals surface area contributed by atoms with Crippen molar-refractivity contribution in [2.24, 2.45) is 0 Å². The summed E-state index contributed by atoms with van der Waals surface area (Å²) in [6.07, 6.45) is 0.659. The van der Waals surface area contributed by atoms with Gasteiger partial charge in [-0.2, -0.15) is 5.10 Å². The molecule has 2 aliphatic rings. The van der Waals surface area contributed by atoms with Gasteiger partial charge in [0.25, 0.3) is 0 Å². The molecular formula is C18H23N5O2. The number of ether oxygens (including phenoxy) is 1. The van der Waals surface area contributed by atoms with Crippen LogP contribution >= 0.6 is 0 Å². The number of nitrogens with one attached hydrogen (secondary N) is 1. The van der Waals surface area contributed by atoms with Crippen molar-refractivity contribution in [1.29, 1.82) is 0 Å². The third-order valence-electron chi connectivity index (χ3n) is 4.96. The van der Waals surface area contributed by atoms with Crippen LogP contribution in [0.5, 0.6) is 0 Å². The molecule has 25 heavy (non-hydrogen) atoms. The topological polar surface area (TPSA) is 74.3 Å². The van der Waals surface area contributed by atoms with Gasteiger partial charge >= 0.3 is 0 Å². The standard InChI is InChI=1S/C18H23N5O2/c1-12-3-5-14(6-4-12)23-8-7-15(18(23)24)22-9-10-25-16(11-22)17-19-13(2)20-21-17/h3-6,15-16H,7-11H2,1-2H3,(H,19,20,21)/t15-,16-/m1/s1. The first-order chi connectivity index (χ1) is 12.1. The Bertz CT molecular complexity index is 757. The summed E-state index contributed by atoms with van der Waals surface area (Å²) < 4.78 is 5.82. The van der Waals surface area contributed by atoms with Crippen LogP contribution in [0.4, 0.5) is 5.69 Å². The molecule has 0 unspecified atom stereocenters. The van der Waals surface area contributed by atoms with E-state index in [1.807, 2.05) is 36.1 Å². The average Bonchev–Trinajstić information content (AvgIpc) is 3.22. The number of rotatable bonds is 3. The van der Waals surface area contributed by atoms with E-state index in [0.29, 0.717) is 19.0 Å². The van der Waals surface area contributed by atoms with Crippen molar-refractivity contribution in [1.82, 2.24) is 20.1 Å². The maximum atomic E-state index is 12.9. The van der Waals surface area contributed by atoms with Gasteiger partial charge in [-0.15, -0.1) is 0 Å². The number of hydrogen-bond donors (Lipinski definition) is 1. The molecule has 132 valence electrons. The Kier molecular flexibility index (Phi) is 4.27. The first kappa shape index (κ1) is 16.2. The molecule has 4 rings (SSSR count). The van der Waals surface area contributed by atoms with E-state index in [-0.39, 0.29) is 18.1 Å². The Hall–Kier alpha value is -2.25. The van der Waals surface area contributed by atoms with E-state index in [1.54, 1.807) is 0 Å². The van der Waals surface area contributed by atoms with E-state index in [4.69, 9.17) is 4.74 Å². The Morgan fingerprint density at radius 1 is 1.20 bits per heavy atom. The number of hydrogen-bond acceptors (Lipinski definition) is 5. The summed E-state index contributed by atoms with van der Waals surface area (Å²) in [4.78, 5) is 21.4. The lowest BCUT2D eigenvalue weighted by molar-refractivity contribution is -0.125. The second-order valence-electron chi connectivity index (χ2n) is 6.76. The van der Waals surface area contributed by atoms with Crippen LogP contribution in [-0.4, -0.2) is 58.3 Å². The Balaban J connectivity index is 1.46. The summed E-state index contributed by atoms with van der Waals surface area (Å²) in [5.74, 6) is 1.62. The monoisotopic (exact) mass is 341 g/mol. The van der Waals surface area contributed by atoms with Gasteiger partial charge < -0.3 is 9.64 Å². The minimum absolute atomic E-state index is 0.0901. The highest BCUT2D eigenvalue weighted by atomic mass is 16.5. The van der Waals surface area contributed by atoms with E-state index in [2.05, 4.69) is 27.0 Å². The van der Waals surface area contributed by atoms with Gasteiger partial charge in [-0.05, 0) is 32.4 Å². The molecule has 2 fully saturated rings. The van der Waals surface area contributed by atoms with Gasteiger partial charge in [-0.3, -0.25) is 14.8 Å². The van der Waals surface area contributed by atoms with Crippen LogP contribution in [0.15, 0.2) is 24.3 Å². The molecule has 1 N–H and O–H groups in total. The lowest BCUT2D eigenvalue weighted by Crippen LogP contribution is -2.48. The minimum atomic E-state index is -0.181. The summed E-state index contributed by atoms with van der Waals surface area (Å²) >= 11 is 0. The Morgan fingerprint density at radius 3 is 2.72 bits per heavy atom. The highest BCUT2D eigenvalue weighted by Crippen LogP contribution is 2.28. The maximum absolute atomic E-state index is 12.9. The fourth-order valence-corrected chi connectivity index (χ4v) is 3.60. The minimum Gasteiger partial charge on any atom is -0.367 e. The molecule has 2 atom stereocenters. The molecule has 0 spiro atoms. The maximum Gasteiger partial charge on any atom is 0.244 e. The molecule has 2 aromatic rings. The molecule has 7 heteroatoms. The van der Waals surface area contributed by atoms with Gasteiger partial charge in [0.2, 0.25) is 5.91 Å². The zero-order valence-electron chi connectivity index (χ0n) is 14.6. The zero-order valence-corrected chi connectivity index (χ0v) is 14.6. The summed E-state index contributed by atoms with van der Waals surface area (Å²) in [6, 6.07) is 8.05. The first-order valence-electron chi connectivity index (χ1n) is 8.74. The molecule has 2 saturated heterocycles. The van der Waals surface area contributed by atoms with Gasteiger partial charge in [0, 0.05) is 25.3 Å². The molecule has 3 heterocycles. The molecule has 0 bridgehead atoms. The van der Waals surface area contributed by atoms with Crippen LogP contribution in [0.1, 0.15) is 29.7 Å². The molecule has 0 aliphatic carbocycles. The van der Waals surface area contributed by atoms with E-state index >= 15 is 0 Å². The first-order valence-corrected chi connectivity index (χ1v) is 8.74. The van der Waals surface area contributed by atoms with Gasteiger partial charge in [0.05, 0.1) is 12.6 Å². The van der Waals surface area contributed by atoms with E-state index < -0.39 is 0 Å². The lowest BCUT2D eigenvalue weighted by atomic mass is 10.1. The fraction of sp³-hybridized carbons (Fsp3) is 0.500. The number of carbonyl (C=O) groups is 1. The van der Waals surface area contributed by atoms with Gasteiger partial charge in [0.15, 0.2) is 5.82 Å². The molecule has 0 saturated carbocycles. The third-order valence-corrected chi connectivity index (χ3v) is 4.96. The van der Waals surface area contributed by atoms with Crippen LogP contribution in [-0.2, 0) is 9.53 Å². The second kappa shape index (κ2) is 6.57. The van der Waals surface area contributed by atoms with Crippen molar-refractivity contribution >= 4 is 11.6 Å². The number of aromatic nitrogens is 3. The summed E-state index contributed by atoms with van der Waals surface area (Å²) in [5, 5.41) is 7.06. The Morgan fingerprint density at radius 2 is 2.00 bits per heavy atom. The van der Waals surface area contributed by atoms with E-state index in [0.717, 1.165) is 31.0 Å². The molecule has 1 amide bonds. The molecule has 0 radical (unpaired) electrons. The highest BCUT2D eigenvalue weighted by molar-refractivity contribution is 5.99. The summed E-state index contributed by atoms with van der Waals surface area (Å²) in [5.41, 5.74) is 2.18. The van der Waals surface area contributed by atoms with Crippen molar-refractivity contribution in [3.63, 3.8) is 0 Å². The number of nitrogens with zero attached hydrogens (tertiary/aromatic N) is 4. The number of H-pyrrole nitrogens is 1. The molecule has 7 nitrogen and oxygen atoms in total. The Labute approximate surface area is 147 Å². The van der Waals surface area contributed by atoms with Crippen LogP contribution in [0, 0.1) is 13.8 Å². The largest absolute Gasteiger partial charge is 0.367 e. The molecule has 2 aliphatic heterocycles. The van der Waals surface area contributed by atoms with Crippen molar-refractivity contribution in [2.75, 3.05) is 31.1 Å². The van der Waals surface area contributed by atoms with E-state index in [1.165, 1.54) is 5.56 Å². The number of carbonyl (C=O) groups excluding carboxylic acids is 1. The normalized spacial score (nSPS) is 24.9. The predicted octanol–water partition coefficient (Wildman–Crippen LogP) is 1.60.